The van der Waals surface area contributed by atoms with Gasteiger partial charge >= 0.3 is 0 Å². The van der Waals surface area contributed by atoms with Gasteiger partial charge in [-0.05, 0) is 39.5 Å². The van der Waals surface area contributed by atoms with Gasteiger partial charge in [-0.1, -0.05) is 50.3 Å². The molecule has 0 aromatic heterocycles. The number of fused-ring (bicyclic) bond motifs is 1. The second kappa shape index (κ2) is 4.83. The fourth-order valence-corrected chi connectivity index (χ4v) is 6.15. The molecule has 128 valence electrons. The van der Waals surface area contributed by atoms with E-state index in [0.717, 1.165) is 12.8 Å². The van der Waals surface area contributed by atoms with E-state index in [9.17, 15) is 5.11 Å². The maximum atomic E-state index is 11.9. The molecule has 0 aromatic rings. The molecule has 2 aliphatic heterocycles. The van der Waals surface area contributed by atoms with Gasteiger partial charge in [-0.15, -0.1) is 0 Å². The summed E-state index contributed by atoms with van der Waals surface area (Å²) in [7, 11) is 0. The molecule has 22 heavy (non-hydrogen) atoms. The minimum absolute atomic E-state index is 0.0462. The minimum Gasteiger partial charge on any atom is -0.386 e. The third-order valence-corrected chi connectivity index (χ3v) is 8.42. The second-order valence-corrected chi connectivity index (χ2v) is 10.6. The highest BCUT2D eigenvalue weighted by atomic mass is 127. The summed E-state index contributed by atoms with van der Waals surface area (Å²) in [5.74, 6) is 0.737. The Balaban J connectivity index is 1.97. The Hall–Kier alpha value is 0.610. The summed E-state index contributed by atoms with van der Waals surface area (Å²) in [6, 6.07) is 0. The average molecular weight is 422 g/mol. The molecule has 2 saturated heterocycles. The molecular weight excluding hydrogens is 391 g/mol. The Morgan fingerprint density at radius 3 is 2.09 bits per heavy atom. The highest BCUT2D eigenvalue weighted by Crippen LogP contribution is 2.67. The SMILES string of the molecule is CC(C)[C@]1(C)O[C@]1(C)C(C)[C@@]1(O)C([C@H](C)I)CCC2OC21C. The molecular formula is C18H31IO3. The van der Waals surface area contributed by atoms with Crippen LogP contribution in [0.5, 0.6) is 0 Å². The van der Waals surface area contributed by atoms with Gasteiger partial charge in [-0.3, -0.25) is 0 Å². The van der Waals surface area contributed by atoms with Gasteiger partial charge in [0.2, 0.25) is 0 Å². The van der Waals surface area contributed by atoms with Gasteiger partial charge in [0, 0.05) is 15.8 Å². The molecule has 0 bridgehead atoms. The van der Waals surface area contributed by atoms with Crippen LogP contribution in [0.4, 0.5) is 0 Å². The summed E-state index contributed by atoms with van der Waals surface area (Å²) >= 11 is 2.47. The summed E-state index contributed by atoms with van der Waals surface area (Å²) in [5, 5.41) is 11.9. The van der Waals surface area contributed by atoms with Crippen LogP contribution in [0.3, 0.4) is 0 Å². The molecule has 1 aliphatic carbocycles. The lowest BCUT2D eigenvalue weighted by Crippen LogP contribution is -2.63. The third-order valence-electron chi connectivity index (χ3n) is 7.56. The highest BCUT2D eigenvalue weighted by molar-refractivity contribution is 14.1. The monoisotopic (exact) mass is 422 g/mol. The first-order valence-electron chi connectivity index (χ1n) is 8.69. The van der Waals surface area contributed by atoms with E-state index in [2.05, 4.69) is 71.1 Å². The van der Waals surface area contributed by atoms with E-state index in [0.29, 0.717) is 9.84 Å². The lowest BCUT2D eigenvalue weighted by molar-refractivity contribution is -0.139. The maximum absolute atomic E-state index is 11.9. The van der Waals surface area contributed by atoms with Crippen molar-refractivity contribution < 1.29 is 14.6 Å². The Bertz CT molecular complexity index is 481. The van der Waals surface area contributed by atoms with E-state index in [-0.39, 0.29) is 29.1 Å². The van der Waals surface area contributed by atoms with Crippen molar-refractivity contribution in [3.05, 3.63) is 0 Å². The summed E-state index contributed by atoms with van der Waals surface area (Å²) in [5.41, 5.74) is -1.66. The number of epoxide rings is 2. The lowest BCUT2D eigenvalue weighted by Gasteiger charge is -2.49. The quantitative estimate of drug-likeness (QED) is 0.424. The maximum Gasteiger partial charge on any atom is 0.121 e. The average Bonchev–Trinajstić information content (AvgIpc) is 3.25. The third kappa shape index (κ3) is 1.90. The summed E-state index contributed by atoms with van der Waals surface area (Å²) in [6.45, 7) is 15.3. The molecule has 1 saturated carbocycles. The van der Waals surface area contributed by atoms with Crippen LogP contribution in [0.25, 0.3) is 0 Å². The van der Waals surface area contributed by atoms with Gasteiger partial charge in [-0.2, -0.15) is 0 Å². The number of rotatable bonds is 4. The van der Waals surface area contributed by atoms with Crippen LogP contribution >= 0.6 is 22.6 Å². The Labute approximate surface area is 148 Å². The highest BCUT2D eigenvalue weighted by Gasteiger charge is 2.79. The summed E-state index contributed by atoms with van der Waals surface area (Å²) < 4.78 is 12.7. The zero-order valence-corrected chi connectivity index (χ0v) is 17.1. The Morgan fingerprint density at radius 1 is 1.05 bits per heavy atom. The van der Waals surface area contributed by atoms with Gasteiger partial charge in [0.15, 0.2) is 0 Å². The van der Waals surface area contributed by atoms with E-state index in [1.165, 1.54) is 0 Å². The Kier molecular flexibility index (Phi) is 3.82. The zero-order chi connectivity index (χ0) is 16.7. The van der Waals surface area contributed by atoms with Crippen LogP contribution in [-0.2, 0) is 9.47 Å². The van der Waals surface area contributed by atoms with Gasteiger partial charge < -0.3 is 14.6 Å². The standard InChI is InChI=1S/C18H31IO3/c1-10(2)15(5)16(6,22-15)12(4)18(20)13(11(3)19)8-9-14-17(18,7)21-14/h10-14,20H,8-9H2,1-7H3/t11-,12?,13?,14?,15-,16+,17?,18+/m0/s1. The van der Waals surface area contributed by atoms with Crippen molar-refractivity contribution in [3.8, 4) is 0 Å². The fourth-order valence-electron chi connectivity index (χ4n) is 5.24. The lowest BCUT2D eigenvalue weighted by atomic mass is 9.58. The van der Waals surface area contributed by atoms with E-state index < -0.39 is 11.2 Å². The first-order chi connectivity index (χ1) is 9.95. The van der Waals surface area contributed by atoms with Crippen LogP contribution < -0.4 is 0 Å². The van der Waals surface area contributed by atoms with Crippen molar-refractivity contribution in [2.75, 3.05) is 0 Å². The number of hydrogen-bond acceptors (Lipinski definition) is 3. The van der Waals surface area contributed by atoms with Crippen molar-refractivity contribution in [2.45, 2.75) is 93.7 Å². The van der Waals surface area contributed by atoms with E-state index in [1.54, 1.807) is 0 Å². The summed E-state index contributed by atoms with van der Waals surface area (Å²) in [6.07, 6.45) is 2.33. The topological polar surface area (TPSA) is 45.3 Å². The van der Waals surface area contributed by atoms with E-state index in [4.69, 9.17) is 9.47 Å². The van der Waals surface area contributed by atoms with Crippen LogP contribution in [0.2, 0.25) is 0 Å². The Morgan fingerprint density at radius 2 is 1.64 bits per heavy atom. The van der Waals surface area contributed by atoms with Gasteiger partial charge in [-0.25, -0.2) is 0 Å². The van der Waals surface area contributed by atoms with Crippen molar-refractivity contribution >= 4 is 22.6 Å². The molecule has 0 aromatic carbocycles. The van der Waals surface area contributed by atoms with Crippen LogP contribution in [-0.4, -0.2) is 37.5 Å². The van der Waals surface area contributed by atoms with Gasteiger partial charge in [0.05, 0.1) is 11.7 Å². The molecule has 3 aliphatic rings. The summed E-state index contributed by atoms with van der Waals surface area (Å²) in [4.78, 5) is 0. The van der Waals surface area contributed by atoms with Crippen molar-refractivity contribution in [1.82, 2.24) is 0 Å². The number of aliphatic hydroxyl groups is 1. The molecule has 4 unspecified atom stereocenters. The molecule has 8 atom stereocenters. The smallest absolute Gasteiger partial charge is 0.121 e. The van der Waals surface area contributed by atoms with Crippen molar-refractivity contribution in [3.63, 3.8) is 0 Å². The molecule has 2 heterocycles. The predicted molar refractivity (Wildman–Crippen MR) is 96.3 cm³/mol. The molecule has 0 spiro atoms. The molecule has 0 amide bonds. The molecule has 3 rings (SSSR count). The molecule has 3 nitrogen and oxygen atoms in total. The molecule has 4 heteroatoms. The largest absolute Gasteiger partial charge is 0.386 e. The number of hydrogen-bond donors (Lipinski definition) is 1. The normalized spacial score (nSPS) is 56.5. The van der Waals surface area contributed by atoms with E-state index in [1.807, 2.05) is 0 Å². The van der Waals surface area contributed by atoms with Crippen molar-refractivity contribution in [2.24, 2.45) is 17.8 Å². The van der Waals surface area contributed by atoms with Crippen LogP contribution in [0.15, 0.2) is 0 Å². The molecule has 3 fully saturated rings. The first-order valence-corrected chi connectivity index (χ1v) is 9.94. The number of alkyl halides is 1. The van der Waals surface area contributed by atoms with Crippen LogP contribution in [0.1, 0.15) is 61.3 Å². The van der Waals surface area contributed by atoms with Gasteiger partial charge in [0.25, 0.3) is 0 Å². The van der Waals surface area contributed by atoms with Crippen molar-refractivity contribution in [1.29, 1.82) is 0 Å². The molecule has 0 radical (unpaired) electrons. The second-order valence-electron chi connectivity index (χ2n) is 8.59. The number of ether oxygens (including phenoxy) is 2. The zero-order valence-electron chi connectivity index (χ0n) is 14.9. The first kappa shape index (κ1) is 17.4. The predicted octanol–water partition coefficient (Wildman–Crippen LogP) is 3.95. The van der Waals surface area contributed by atoms with Gasteiger partial charge in [0.1, 0.15) is 16.8 Å². The minimum atomic E-state index is -0.822. The molecule has 1 N–H and O–H groups in total. The fraction of sp³-hybridized carbons (Fsp3) is 1.00. The van der Waals surface area contributed by atoms with Crippen LogP contribution in [0, 0.1) is 17.8 Å². The number of halogens is 1. The van der Waals surface area contributed by atoms with E-state index >= 15 is 0 Å².